The number of amides is 1. The number of ether oxygens (including phenoxy) is 1. The summed E-state index contributed by atoms with van der Waals surface area (Å²) < 4.78 is 34.2. The van der Waals surface area contributed by atoms with Gasteiger partial charge in [0.05, 0.1) is 6.61 Å². The van der Waals surface area contributed by atoms with E-state index in [0.29, 0.717) is 36.7 Å². The third-order valence-electron chi connectivity index (χ3n) is 5.99. The van der Waals surface area contributed by atoms with Gasteiger partial charge in [0.25, 0.3) is 0 Å². The first-order chi connectivity index (χ1) is 14.5. The molecule has 1 spiro atoms. The van der Waals surface area contributed by atoms with Crippen LogP contribution in [0.5, 0.6) is 5.75 Å². The molecule has 0 bridgehead atoms. The highest BCUT2D eigenvalue weighted by molar-refractivity contribution is 8.15. The van der Waals surface area contributed by atoms with Crippen LogP contribution >= 0.6 is 11.8 Å². The molecule has 30 heavy (non-hydrogen) atoms. The number of fused-ring (bicyclic) bond motifs is 2. The topological polar surface area (TPSA) is 67.9 Å². The van der Waals surface area contributed by atoms with Crippen LogP contribution in [0.1, 0.15) is 36.8 Å². The second-order valence-electron chi connectivity index (χ2n) is 7.93. The lowest BCUT2D eigenvalue weighted by Crippen LogP contribution is -2.46. The molecule has 3 aliphatic rings. The quantitative estimate of drug-likeness (QED) is 0.785. The summed E-state index contributed by atoms with van der Waals surface area (Å²) in [5, 5.41) is 6.34. The van der Waals surface area contributed by atoms with Gasteiger partial charge < -0.3 is 10.5 Å². The van der Waals surface area contributed by atoms with E-state index in [9.17, 15) is 13.6 Å². The number of para-hydroxylation sites is 1. The van der Waals surface area contributed by atoms with Gasteiger partial charge in [0.2, 0.25) is 5.91 Å². The summed E-state index contributed by atoms with van der Waals surface area (Å²) in [6, 6.07) is 10.8. The van der Waals surface area contributed by atoms with Crippen molar-refractivity contribution in [3.05, 3.63) is 65.2 Å². The van der Waals surface area contributed by atoms with E-state index in [4.69, 9.17) is 10.5 Å². The molecule has 1 fully saturated rings. The standard InChI is InChI=1S/C22H21F2N3O2S/c23-14-6-8-18(24)16(12-14)20-26-27(21(28)13-5-7-15(25)11-13)22(30-20)9-10-29-19-4-2-1-3-17(19)22/h1-4,6,8,12-13,15H,5,7,9-11,25H2/t13-,15+,22?/m1/s1. The Kier molecular flexibility index (Phi) is 4.78. The van der Waals surface area contributed by atoms with Crippen molar-refractivity contribution in [3.8, 4) is 5.75 Å². The van der Waals surface area contributed by atoms with E-state index in [1.165, 1.54) is 16.8 Å². The van der Waals surface area contributed by atoms with Crippen molar-refractivity contribution < 1.29 is 18.3 Å². The number of rotatable bonds is 2. The van der Waals surface area contributed by atoms with Crippen molar-refractivity contribution in [3.63, 3.8) is 0 Å². The van der Waals surface area contributed by atoms with E-state index in [2.05, 4.69) is 5.10 Å². The average molecular weight is 429 g/mol. The molecule has 2 heterocycles. The van der Waals surface area contributed by atoms with Crippen molar-refractivity contribution in [2.75, 3.05) is 6.61 Å². The molecule has 2 N–H and O–H groups in total. The number of hydrazone groups is 1. The van der Waals surface area contributed by atoms with Gasteiger partial charge in [0.1, 0.15) is 27.3 Å². The molecule has 1 aliphatic carbocycles. The Morgan fingerprint density at radius 2 is 2.07 bits per heavy atom. The molecule has 0 radical (unpaired) electrons. The van der Waals surface area contributed by atoms with Gasteiger partial charge in [0.15, 0.2) is 0 Å². The fourth-order valence-electron chi connectivity index (χ4n) is 4.48. The average Bonchev–Trinajstić information content (AvgIpc) is 3.34. The molecular formula is C22H21F2N3O2S. The highest BCUT2D eigenvalue weighted by Gasteiger charge is 2.53. The second-order valence-corrected chi connectivity index (χ2v) is 9.20. The summed E-state index contributed by atoms with van der Waals surface area (Å²) in [6.45, 7) is 0.395. The second kappa shape index (κ2) is 7.35. The number of hydrogen-bond donors (Lipinski definition) is 1. The third kappa shape index (κ3) is 3.09. The number of carbonyl (C=O) groups is 1. The van der Waals surface area contributed by atoms with Gasteiger partial charge in [-0.2, -0.15) is 5.10 Å². The normalized spacial score (nSPS) is 27.7. The highest BCUT2D eigenvalue weighted by Crippen LogP contribution is 2.55. The molecule has 2 aromatic carbocycles. The van der Waals surface area contributed by atoms with Crippen molar-refractivity contribution in [2.45, 2.75) is 36.6 Å². The Morgan fingerprint density at radius 3 is 2.87 bits per heavy atom. The molecule has 156 valence electrons. The van der Waals surface area contributed by atoms with Crippen LogP contribution in [0, 0.1) is 17.6 Å². The predicted molar refractivity (Wildman–Crippen MR) is 111 cm³/mol. The number of nitrogens with zero attached hydrogens (tertiary/aromatic N) is 2. The molecule has 1 saturated carbocycles. The SMILES string of the molecule is N[C@H]1CC[C@@H](C(=O)N2N=C(c3cc(F)ccc3F)SC23CCOc2ccccc23)C1. The molecule has 0 saturated heterocycles. The molecule has 2 aliphatic heterocycles. The summed E-state index contributed by atoms with van der Waals surface area (Å²) >= 11 is 1.29. The molecule has 0 aromatic heterocycles. The van der Waals surface area contributed by atoms with Gasteiger partial charge in [-0.3, -0.25) is 4.79 Å². The molecule has 2 aromatic rings. The summed E-state index contributed by atoms with van der Waals surface area (Å²) in [7, 11) is 0. The Hall–Kier alpha value is -2.45. The molecule has 5 nitrogen and oxygen atoms in total. The lowest BCUT2D eigenvalue weighted by Gasteiger charge is -2.40. The Bertz CT molecular complexity index is 1050. The third-order valence-corrected chi connectivity index (χ3v) is 7.42. The monoisotopic (exact) mass is 429 g/mol. The lowest BCUT2D eigenvalue weighted by atomic mass is 9.97. The van der Waals surface area contributed by atoms with Crippen LogP contribution < -0.4 is 10.5 Å². The van der Waals surface area contributed by atoms with Gasteiger partial charge >= 0.3 is 0 Å². The molecular weight excluding hydrogens is 408 g/mol. The zero-order valence-electron chi connectivity index (χ0n) is 16.2. The number of benzene rings is 2. The van der Waals surface area contributed by atoms with Crippen molar-refractivity contribution >= 4 is 22.7 Å². The van der Waals surface area contributed by atoms with Crippen LogP contribution in [0.3, 0.4) is 0 Å². The largest absolute Gasteiger partial charge is 0.493 e. The minimum atomic E-state index is -0.854. The first kappa shape index (κ1) is 19.5. The maximum Gasteiger partial charge on any atom is 0.247 e. The predicted octanol–water partition coefficient (Wildman–Crippen LogP) is 3.96. The van der Waals surface area contributed by atoms with E-state index >= 15 is 0 Å². The zero-order chi connectivity index (χ0) is 20.9. The minimum absolute atomic E-state index is 0.00348. The van der Waals surface area contributed by atoms with Gasteiger partial charge in [0, 0.05) is 29.5 Å². The number of carbonyl (C=O) groups excluding carboxylic acids is 1. The maximum atomic E-state index is 14.5. The number of halogens is 2. The zero-order valence-corrected chi connectivity index (χ0v) is 17.0. The van der Waals surface area contributed by atoms with Crippen molar-refractivity contribution in [1.29, 1.82) is 0 Å². The van der Waals surface area contributed by atoms with Gasteiger partial charge in [-0.15, -0.1) is 0 Å². The van der Waals surface area contributed by atoms with Crippen molar-refractivity contribution in [1.82, 2.24) is 5.01 Å². The van der Waals surface area contributed by atoms with E-state index < -0.39 is 16.5 Å². The first-order valence-corrected chi connectivity index (χ1v) is 10.8. The van der Waals surface area contributed by atoms with Gasteiger partial charge in [-0.25, -0.2) is 13.8 Å². The van der Waals surface area contributed by atoms with Crippen LogP contribution in [0.2, 0.25) is 0 Å². The van der Waals surface area contributed by atoms with E-state index in [1.807, 2.05) is 24.3 Å². The van der Waals surface area contributed by atoms with E-state index in [-0.39, 0.29) is 23.4 Å². The summed E-state index contributed by atoms with van der Waals surface area (Å²) in [4.78, 5) is 12.7. The summed E-state index contributed by atoms with van der Waals surface area (Å²) in [5.41, 5.74) is 6.91. The molecule has 1 unspecified atom stereocenters. The smallest absolute Gasteiger partial charge is 0.247 e. The Balaban J connectivity index is 1.62. The Labute approximate surface area is 177 Å². The molecule has 3 atom stereocenters. The van der Waals surface area contributed by atoms with Crippen LogP contribution in [0.15, 0.2) is 47.6 Å². The molecule has 5 rings (SSSR count). The van der Waals surface area contributed by atoms with Gasteiger partial charge in [-0.1, -0.05) is 30.0 Å². The minimum Gasteiger partial charge on any atom is -0.493 e. The van der Waals surface area contributed by atoms with Crippen LogP contribution in [0.25, 0.3) is 0 Å². The van der Waals surface area contributed by atoms with Crippen molar-refractivity contribution in [2.24, 2.45) is 16.8 Å². The van der Waals surface area contributed by atoms with Crippen LogP contribution in [-0.4, -0.2) is 28.6 Å². The highest BCUT2D eigenvalue weighted by atomic mass is 32.2. The van der Waals surface area contributed by atoms with Crippen LogP contribution in [0.4, 0.5) is 8.78 Å². The first-order valence-electron chi connectivity index (χ1n) is 10.0. The summed E-state index contributed by atoms with van der Waals surface area (Å²) in [6.07, 6.45) is 2.59. The fourth-order valence-corrected chi connectivity index (χ4v) is 5.87. The number of thioether (sulfide) groups is 1. The van der Waals surface area contributed by atoms with Crippen LogP contribution in [-0.2, 0) is 9.67 Å². The van der Waals surface area contributed by atoms with E-state index in [1.54, 1.807) is 0 Å². The summed E-state index contributed by atoms with van der Waals surface area (Å²) in [5.74, 6) is -0.807. The number of hydrogen-bond acceptors (Lipinski definition) is 5. The van der Waals surface area contributed by atoms with Gasteiger partial charge in [-0.05, 0) is 43.5 Å². The molecule has 1 amide bonds. The fraction of sp³-hybridized carbons (Fsp3) is 0.364. The maximum absolute atomic E-state index is 14.5. The lowest BCUT2D eigenvalue weighted by molar-refractivity contribution is -0.139. The molecule has 8 heteroatoms. The Morgan fingerprint density at radius 1 is 1.23 bits per heavy atom. The number of nitrogens with two attached hydrogens (primary N) is 1. The van der Waals surface area contributed by atoms with E-state index in [0.717, 1.165) is 30.2 Å².